The van der Waals surface area contributed by atoms with E-state index in [-0.39, 0.29) is 11.5 Å². The summed E-state index contributed by atoms with van der Waals surface area (Å²) < 4.78 is 10.7. The van der Waals surface area contributed by atoms with E-state index in [0.717, 1.165) is 22.2 Å². The quantitative estimate of drug-likeness (QED) is 0.474. The Bertz CT molecular complexity index is 958. The maximum atomic E-state index is 12.5. The first-order valence-corrected chi connectivity index (χ1v) is 10.0. The molecule has 1 aliphatic heterocycles. The molecule has 0 aliphatic carbocycles. The van der Waals surface area contributed by atoms with Crippen molar-refractivity contribution in [2.75, 3.05) is 13.2 Å². The van der Waals surface area contributed by atoms with Crippen molar-refractivity contribution in [1.29, 1.82) is 0 Å². The van der Waals surface area contributed by atoms with Gasteiger partial charge in [0, 0.05) is 10.6 Å². The number of ether oxygens (including phenoxy) is 2. The molecule has 0 radical (unpaired) electrons. The fraction of sp³-hybridized carbons (Fsp3) is 0.190. The summed E-state index contributed by atoms with van der Waals surface area (Å²) in [5.41, 5.74) is 1.60. The van der Waals surface area contributed by atoms with Gasteiger partial charge in [0.15, 0.2) is 0 Å². The molecule has 1 aliphatic rings. The maximum absolute atomic E-state index is 12.5. The van der Waals surface area contributed by atoms with Crippen LogP contribution < -0.4 is 4.74 Å². The number of nitrogens with zero attached hydrogens (tertiary/aromatic N) is 1. The van der Waals surface area contributed by atoms with Gasteiger partial charge in [-0.15, -0.1) is 0 Å². The first-order valence-electron chi connectivity index (χ1n) is 8.85. The van der Waals surface area contributed by atoms with E-state index in [1.165, 1.54) is 0 Å². The molecule has 2 aromatic rings. The second-order valence-electron chi connectivity index (χ2n) is 6.03. The van der Waals surface area contributed by atoms with E-state index in [0.29, 0.717) is 22.9 Å². The number of carbonyl (C=O) groups is 3. The third-order valence-corrected chi connectivity index (χ3v) is 5.14. The molecule has 3 rings (SSSR count). The lowest BCUT2D eigenvalue weighted by Crippen LogP contribution is -2.34. The van der Waals surface area contributed by atoms with Crippen LogP contribution >= 0.6 is 23.4 Å². The van der Waals surface area contributed by atoms with E-state index in [9.17, 15) is 14.4 Å². The largest absolute Gasteiger partial charge is 0.488 e. The number of rotatable bonds is 7. The molecule has 0 aromatic heterocycles. The van der Waals surface area contributed by atoms with Crippen molar-refractivity contribution in [2.45, 2.75) is 13.5 Å². The molecule has 0 spiro atoms. The molecule has 6 nitrogen and oxygen atoms in total. The number of thioether (sulfide) groups is 1. The Kier molecular flexibility index (Phi) is 6.95. The van der Waals surface area contributed by atoms with Gasteiger partial charge in [-0.1, -0.05) is 41.9 Å². The van der Waals surface area contributed by atoms with Crippen LogP contribution in [0.3, 0.4) is 0 Å². The van der Waals surface area contributed by atoms with Crippen LogP contribution in [0.5, 0.6) is 5.75 Å². The third kappa shape index (κ3) is 5.40. The highest BCUT2D eigenvalue weighted by molar-refractivity contribution is 8.18. The summed E-state index contributed by atoms with van der Waals surface area (Å²) in [5.74, 6) is -0.581. The Morgan fingerprint density at radius 3 is 2.59 bits per heavy atom. The summed E-state index contributed by atoms with van der Waals surface area (Å²) in [6, 6.07) is 14.5. The van der Waals surface area contributed by atoms with Crippen LogP contribution in [0.25, 0.3) is 6.08 Å². The number of hydrogen-bond acceptors (Lipinski definition) is 6. The summed E-state index contributed by atoms with van der Waals surface area (Å²) >= 11 is 6.67. The van der Waals surface area contributed by atoms with Crippen LogP contribution in [0.4, 0.5) is 4.79 Å². The minimum Gasteiger partial charge on any atom is -0.488 e. The summed E-state index contributed by atoms with van der Waals surface area (Å²) in [7, 11) is 0. The molecule has 2 aromatic carbocycles. The van der Waals surface area contributed by atoms with Crippen LogP contribution in [0, 0.1) is 0 Å². The molecule has 0 N–H and O–H groups in total. The molecule has 150 valence electrons. The highest BCUT2D eigenvalue weighted by atomic mass is 35.5. The van der Waals surface area contributed by atoms with Crippen LogP contribution in [0.15, 0.2) is 53.4 Å². The number of carbonyl (C=O) groups excluding carboxylic acids is 3. The Hall–Kier alpha value is -2.77. The van der Waals surface area contributed by atoms with Gasteiger partial charge in [0.25, 0.3) is 11.1 Å². The molecule has 2 amide bonds. The van der Waals surface area contributed by atoms with Crippen LogP contribution in [-0.4, -0.2) is 35.2 Å². The number of para-hydroxylation sites is 1. The minimum absolute atomic E-state index is 0.184. The summed E-state index contributed by atoms with van der Waals surface area (Å²) in [6.45, 7) is 1.77. The first kappa shape index (κ1) is 21.0. The van der Waals surface area contributed by atoms with Crippen molar-refractivity contribution in [2.24, 2.45) is 0 Å². The van der Waals surface area contributed by atoms with Gasteiger partial charge < -0.3 is 9.47 Å². The fourth-order valence-corrected chi connectivity index (χ4v) is 3.54. The Balaban J connectivity index is 1.74. The number of hydrogen-bond donors (Lipinski definition) is 0. The normalized spacial score (nSPS) is 15.1. The second kappa shape index (κ2) is 9.62. The number of esters is 1. The highest BCUT2D eigenvalue weighted by Crippen LogP contribution is 2.34. The maximum Gasteiger partial charge on any atom is 0.326 e. The number of benzene rings is 2. The SMILES string of the molecule is CCOC(=O)CN1C(=O)SC(=Cc2ccccc2OCc2ccc(Cl)cc2)C1=O. The van der Waals surface area contributed by atoms with Gasteiger partial charge in [0.1, 0.15) is 18.9 Å². The molecular weight excluding hydrogens is 414 g/mol. The Morgan fingerprint density at radius 2 is 1.86 bits per heavy atom. The van der Waals surface area contributed by atoms with Crippen molar-refractivity contribution in [3.63, 3.8) is 0 Å². The first-order chi connectivity index (χ1) is 14.0. The smallest absolute Gasteiger partial charge is 0.326 e. The summed E-state index contributed by atoms with van der Waals surface area (Å²) in [4.78, 5) is 37.4. The predicted octanol–water partition coefficient (Wildman–Crippen LogP) is 4.52. The number of halogens is 1. The lowest BCUT2D eigenvalue weighted by atomic mass is 10.1. The summed E-state index contributed by atoms with van der Waals surface area (Å²) in [5, 5.41) is 0.140. The molecular formula is C21H18ClNO5S. The Labute approximate surface area is 177 Å². The van der Waals surface area contributed by atoms with Gasteiger partial charge in [-0.25, -0.2) is 0 Å². The topological polar surface area (TPSA) is 72.9 Å². The zero-order valence-electron chi connectivity index (χ0n) is 15.6. The van der Waals surface area contributed by atoms with Crippen LogP contribution in [-0.2, 0) is 20.9 Å². The van der Waals surface area contributed by atoms with E-state index in [2.05, 4.69) is 0 Å². The molecule has 29 heavy (non-hydrogen) atoms. The van der Waals surface area contributed by atoms with E-state index in [1.54, 1.807) is 37.3 Å². The van der Waals surface area contributed by atoms with E-state index >= 15 is 0 Å². The zero-order valence-corrected chi connectivity index (χ0v) is 17.2. The predicted molar refractivity (Wildman–Crippen MR) is 112 cm³/mol. The number of amides is 2. The second-order valence-corrected chi connectivity index (χ2v) is 7.46. The molecule has 8 heteroatoms. The molecule has 0 atom stereocenters. The lowest BCUT2D eigenvalue weighted by molar-refractivity contribution is -0.145. The molecule has 1 saturated heterocycles. The average Bonchev–Trinajstić information content (AvgIpc) is 2.96. The fourth-order valence-electron chi connectivity index (χ4n) is 2.59. The molecule has 0 unspecified atom stereocenters. The standard InChI is InChI=1S/C21H18ClNO5S/c1-2-27-19(24)12-23-20(25)18(29-21(23)26)11-15-5-3-4-6-17(15)28-13-14-7-9-16(22)10-8-14/h3-11H,2,12-13H2,1H3. The molecule has 0 saturated carbocycles. The van der Waals surface area contributed by atoms with E-state index in [1.807, 2.05) is 24.3 Å². The van der Waals surface area contributed by atoms with E-state index < -0.39 is 23.7 Å². The molecule has 0 bridgehead atoms. The van der Waals surface area contributed by atoms with Crippen LogP contribution in [0.1, 0.15) is 18.1 Å². The van der Waals surface area contributed by atoms with Crippen molar-refractivity contribution in [3.8, 4) is 5.75 Å². The van der Waals surface area contributed by atoms with Gasteiger partial charge in [0.05, 0.1) is 11.5 Å². The van der Waals surface area contributed by atoms with Crippen molar-refractivity contribution >= 4 is 46.6 Å². The average molecular weight is 432 g/mol. The lowest BCUT2D eigenvalue weighted by Gasteiger charge is -2.11. The Morgan fingerprint density at radius 1 is 1.14 bits per heavy atom. The zero-order chi connectivity index (χ0) is 20.8. The highest BCUT2D eigenvalue weighted by Gasteiger charge is 2.36. The third-order valence-electron chi connectivity index (χ3n) is 3.98. The van der Waals surface area contributed by atoms with Gasteiger partial charge in [-0.2, -0.15) is 0 Å². The van der Waals surface area contributed by atoms with Crippen molar-refractivity contribution in [3.05, 3.63) is 69.6 Å². The minimum atomic E-state index is -0.622. The molecule has 1 fully saturated rings. The van der Waals surface area contributed by atoms with Crippen molar-refractivity contribution < 1.29 is 23.9 Å². The monoisotopic (exact) mass is 431 g/mol. The van der Waals surface area contributed by atoms with Crippen LogP contribution in [0.2, 0.25) is 5.02 Å². The van der Waals surface area contributed by atoms with Gasteiger partial charge >= 0.3 is 5.97 Å². The van der Waals surface area contributed by atoms with E-state index in [4.69, 9.17) is 21.1 Å². The van der Waals surface area contributed by atoms with Gasteiger partial charge in [-0.3, -0.25) is 19.3 Å². The number of imide groups is 1. The van der Waals surface area contributed by atoms with Gasteiger partial charge in [0.2, 0.25) is 0 Å². The summed E-state index contributed by atoms with van der Waals surface area (Å²) in [6.07, 6.45) is 1.59. The van der Waals surface area contributed by atoms with Gasteiger partial charge in [-0.05, 0) is 48.5 Å². The van der Waals surface area contributed by atoms with Crippen molar-refractivity contribution in [1.82, 2.24) is 4.90 Å². The molecule has 1 heterocycles.